The smallest absolute Gasteiger partial charge is 0.0141 e. The van der Waals surface area contributed by atoms with E-state index in [1.807, 2.05) is 0 Å². The van der Waals surface area contributed by atoms with Crippen LogP contribution in [0.15, 0.2) is 22.7 Å². The van der Waals surface area contributed by atoms with Crippen molar-refractivity contribution in [2.24, 2.45) is 5.41 Å². The minimum absolute atomic E-state index is 0.277. The highest BCUT2D eigenvalue weighted by atomic mass is 79.9. The molecule has 8 heavy (non-hydrogen) atoms. The van der Waals surface area contributed by atoms with Gasteiger partial charge in [-0.2, -0.15) is 0 Å². The van der Waals surface area contributed by atoms with Gasteiger partial charge in [0.2, 0.25) is 0 Å². The van der Waals surface area contributed by atoms with Gasteiger partial charge in [0.25, 0.3) is 0 Å². The van der Waals surface area contributed by atoms with E-state index in [1.54, 1.807) is 0 Å². The zero-order valence-electron chi connectivity index (χ0n) is 5.11. The van der Waals surface area contributed by atoms with Crippen molar-refractivity contribution < 1.29 is 0 Å². The lowest BCUT2D eigenvalue weighted by Crippen LogP contribution is -1.97. The molecule has 0 N–H and O–H groups in total. The van der Waals surface area contributed by atoms with E-state index in [0.717, 1.165) is 0 Å². The molecule has 0 atom stereocenters. The van der Waals surface area contributed by atoms with Crippen molar-refractivity contribution in [2.75, 3.05) is 0 Å². The largest absolute Gasteiger partial charge is 0.0739 e. The molecule has 0 nitrogen and oxygen atoms in total. The molecule has 1 heteroatoms. The fourth-order valence-corrected chi connectivity index (χ4v) is 1.47. The standard InChI is InChI=1S/C7H9Br/c1-7(2)4-3-6(8)5-7/h3-5H,1-2H3. The second-order valence-electron chi connectivity index (χ2n) is 2.68. The van der Waals surface area contributed by atoms with E-state index in [-0.39, 0.29) is 5.41 Å². The van der Waals surface area contributed by atoms with Crippen molar-refractivity contribution in [1.82, 2.24) is 0 Å². The maximum atomic E-state index is 3.39. The molecule has 1 aliphatic carbocycles. The quantitative estimate of drug-likeness (QED) is 0.528. The van der Waals surface area contributed by atoms with E-state index in [0.29, 0.717) is 0 Å². The summed E-state index contributed by atoms with van der Waals surface area (Å²) >= 11 is 3.39. The van der Waals surface area contributed by atoms with Crippen LogP contribution in [-0.2, 0) is 0 Å². The van der Waals surface area contributed by atoms with Gasteiger partial charge in [0.15, 0.2) is 0 Å². The fraction of sp³-hybridized carbons (Fsp3) is 0.429. The van der Waals surface area contributed by atoms with Crippen molar-refractivity contribution in [3.63, 3.8) is 0 Å². The van der Waals surface area contributed by atoms with Crippen LogP contribution in [0.4, 0.5) is 0 Å². The molecule has 0 bridgehead atoms. The van der Waals surface area contributed by atoms with Gasteiger partial charge in [0.1, 0.15) is 0 Å². The first-order valence-corrected chi connectivity index (χ1v) is 3.47. The van der Waals surface area contributed by atoms with Gasteiger partial charge in [0, 0.05) is 9.90 Å². The van der Waals surface area contributed by atoms with Gasteiger partial charge in [0.05, 0.1) is 0 Å². The molecule has 0 amide bonds. The molecule has 0 aromatic carbocycles. The molecule has 0 aromatic rings. The zero-order chi connectivity index (χ0) is 6.20. The van der Waals surface area contributed by atoms with Gasteiger partial charge >= 0.3 is 0 Å². The van der Waals surface area contributed by atoms with E-state index in [4.69, 9.17) is 0 Å². The molecule has 0 saturated carbocycles. The normalized spacial score (nSPS) is 23.6. The first-order valence-electron chi connectivity index (χ1n) is 2.68. The minimum atomic E-state index is 0.277. The third-order valence-electron chi connectivity index (χ3n) is 1.18. The molecule has 0 fully saturated rings. The Balaban J connectivity index is 2.84. The monoisotopic (exact) mass is 172 g/mol. The topological polar surface area (TPSA) is 0 Å². The molecule has 0 saturated heterocycles. The second kappa shape index (κ2) is 1.73. The molecule has 0 aliphatic heterocycles. The summed E-state index contributed by atoms with van der Waals surface area (Å²) in [7, 11) is 0. The van der Waals surface area contributed by atoms with Crippen LogP contribution < -0.4 is 0 Å². The highest BCUT2D eigenvalue weighted by Gasteiger charge is 2.14. The maximum Gasteiger partial charge on any atom is 0.0141 e. The molecule has 0 heterocycles. The van der Waals surface area contributed by atoms with Crippen molar-refractivity contribution in [3.8, 4) is 0 Å². The van der Waals surface area contributed by atoms with Crippen molar-refractivity contribution in [3.05, 3.63) is 22.7 Å². The van der Waals surface area contributed by atoms with Gasteiger partial charge in [-0.05, 0) is 0 Å². The minimum Gasteiger partial charge on any atom is -0.0739 e. The molecule has 0 spiro atoms. The van der Waals surface area contributed by atoms with Gasteiger partial charge in [-0.1, -0.05) is 48.0 Å². The summed E-state index contributed by atoms with van der Waals surface area (Å²) in [6.07, 6.45) is 6.45. The van der Waals surface area contributed by atoms with Crippen LogP contribution in [0.1, 0.15) is 13.8 Å². The van der Waals surface area contributed by atoms with E-state index < -0.39 is 0 Å². The molecular formula is C7H9Br. The SMILES string of the molecule is CC1(C)C=CC(Br)=C1. The summed E-state index contributed by atoms with van der Waals surface area (Å²) in [4.78, 5) is 0. The summed E-state index contributed by atoms with van der Waals surface area (Å²) in [6, 6.07) is 0. The fourth-order valence-electron chi connectivity index (χ4n) is 0.746. The van der Waals surface area contributed by atoms with E-state index in [9.17, 15) is 0 Å². The number of hydrogen-bond acceptors (Lipinski definition) is 0. The van der Waals surface area contributed by atoms with Crippen LogP contribution in [0.25, 0.3) is 0 Å². The summed E-state index contributed by atoms with van der Waals surface area (Å²) in [5.74, 6) is 0. The Kier molecular flexibility index (Phi) is 1.31. The predicted molar refractivity (Wildman–Crippen MR) is 39.9 cm³/mol. The number of allylic oxidation sites excluding steroid dienone is 4. The average molecular weight is 173 g/mol. The lowest BCUT2D eigenvalue weighted by Gasteiger charge is -2.08. The van der Waals surface area contributed by atoms with Crippen molar-refractivity contribution >= 4 is 15.9 Å². The summed E-state index contributed by atoms with van der Waals surface area (Å²) in [6.45, 7) is 4.36. The molecule has 0 radical (unpaired) electrons. The first-order chi connectivity index (χ1) is 3.60. The maximum absolute atomic E-state index is 3.39. The molecule has 1 aliphatic rings. The molecule has 1 rings (SSSR count). The Labute approximate surface area is 58.4 Å². The number of hydrogen-bond donors (Lipinski definition) is 0. The Morgan fingerprint density at radius 2 is 2.12 bits per heavy atom. The van der Waals surface area contributed by atoms with Crippen LogP contribution in [-0.4, -0.2) is 0 Å². The summed E-state index contributed by atoms with van der Waals surface area (Å²) < 4.78 is 1.20. The van der Waals surface area contributed by atoms with E-state index in [1.165, 1.54) is 4.48 Å². The van der Waals surface area contributed by atoms with Crippen LogP contribution in [0, 0.1) is 5.41 Å². The van der Waals surface area contributed by atoms with Gasteiger partial charge < -0.3 is 0 Å². The summed E-state index contributed by atoms with van der Waals surface area (Å²) in [5, 5.41) is 0. The highest BCUT2D eigenvalue weighted by molar-refractivity contribution is 9.11. The van der Waals surface area contributed by atoms with Gasteiger partial charge in [-0.15, -0.1) is 0 Å². The van der Waals surface area contributed by atoms with E-state index in [2.05, 4.69) is 48.0 Å². The Hall–Kier alpha value is -0.0400. The van der Waals surface area contributed by atoms with Crippen LogP contribution in [0.3, 0.4) is 0 Å². The van der Waals surface area contributed by atoms with Gasteiger partial charge in [-0.25, -0.2) is 0 Å². The molecule has 0 aromatic heterocycles. The van der Waals surface area contributed by atoms with Crippen LogP contribution in [0.5, 0.6) is 0 Å². The molecule has 0 unspecified atom stereocenters. The lowest BCUT2D eigenvalue weighted by atomic mass is 9.97. The van der Waals surface area contributed by atoms with Gasteiger partial charge in [-0.3, -0.25) is 0 Å². The second-order valence-corrected chi connectivity index (χ2v) is 3.60. The lowest BCUT2D eigenvalue weighted by molar-refractivity contribution is 0.636. The number of halogens is 1. The molecular weight excluding hydrogens is 164 g/mol. The Morgan fingerprint density at radius 1 is 1.50 bits per heavy atom. The zero-order valence-corrected chi connectivity index (χ0v) is 6.70. The molecule has 44 valence electrons. The predicted octanol–water partition coefficient (Wildman–Crippen LogP) is 2.86. The Bertz CT molecular complexity index is 152. The average Bonchev–Trinajstić information content (AvgIpc) is 1.82. The third-order valence-corrected chi connectivity index (χ3v) is 1.68. The van der Waals surface area contributed by atoms with Crippen molar-refractivity contribution in [2.45, 2.75) is 13.8 Å². The first kappa shape index (κ1) is 6.09. The summed E-state index contributed by atoms with van der Waals surface area (Å²) in [5.41, 5.74) is 0.277. The Morgan fingerprint density at radius 3 is 2.25 bits per heavy atom. The number of rotatable bonds is 0. The third kappa shape index (κ3) is 1.22. The van der Waals surface area contributed by atoms with Crippen LogP contribution in [0.2, 0.25) is 0 Å². The van der Waals surface area contributed by atoms with Crippen molar-refractivity contribution in [1.29, 1.82) is 0 Å². The van der Waals surface area contributed by atoms with Crippen LogP contribution >= 0.6 is 15.9 Å². The highest BCUT2D eigenvalue weighted by Crippen LogP contribution is 2.30. The van der Waals surface area contributed by atoms with E-state index >= 15 is 0 Å².